The molecule has 0 fully saturated rings. The van der Waals surface area contributed by atoms with E-state index in [4.69, 9.17) is 4.74 Å². The summed E-state index contributed by atoms with van der Waals surface area (Å²) in [5.41, 5.74) is 1.63. The average Bonchev–Trinajstić information content (AvgIpc) is 2.82. The van der Waals surface area contributed by atoms with Crippen LogP contribution in [0.25, 0.3) is 0 Å². The maximum Gasteiger partial charge on any atom is 0.257 e. The molecule has 2 aromatic carbocycles. The molecule has 2 amide bonds. The molecule has 0 saturated carbocycles. The molecule has 0 N–H and O–H groups in total. The molecular weight excluding hydrogens is 412 g/mol. The molecular formula is C28H38N2O3. The highest BCUT2D eigenvalue weighted by molar-refractivity contribution is 5.96. The van der Waals surface area contributed by atoms with Gasteiger partial charge in [0.1, 0.15) is 12.4 Å². The Morgan fingerprint density at radius 2 is 1.70 bits per heavy atom. The van der Waals surface area contributed by atoms with Crippen LogP contribution in [0.2, 0.25) is 0 Å². The smallest absolute Gasteiger partial charge is 0.257 e. The van der Waals surface area contributed by atoms with Gasteiger partial charge in [-0.3, -0.25) is 9.59 Å². The second-order valence-corrected chi connectivity index (χ2v) is 9.29. The number of carbonyl (C=O) groups excluding carboxylic acids is 2. The Balaban J connectivity index is 1.88. The van der Waals surface area contributed by atoms with Crippen molar-refractivity contribution in [2.45, 2.75) is 58.9 Å². The van der Waals surface area contributed by atoms with Crippen LogP contribution in [0.1, 0.15) is 62.4 Å². The highest BCUT2D eigenvalue weighted by atomic mass is 16.5. The first-order valence-electron chi connectivity index (χ1n) is 12.3. The number of hydrogen-bond donors (Lipinski definition) is 0. The number of nitrogens with zero attached hydrogens (tertiary/aromatic N) is 2. The molecule has 0 bridgehead atoms. The molecule has 1 atom stereocenters. The third-order valence-corrected chi connectivity index (χ3v) is 6.25. The van der Waals surface area contributed by atoms with Crippen molar-refractivity contribution in [2.75, 3.05) is 26.2 Å². The molecule has 3 rings (SSSR count). The van der Waals surface area contributed by atoms with Crippen LogP contribution in [0.15, 0.2) is 54.6 Å². The van der Waals surface area contributed by atoms with Crippen molar-refractivity contribution in [3.05, 3.63) is 65.7 Å². The van der Waals surface area contributed by atoms with Gasteiger partial charge in [0.05, 0.1) is 18.0 Å². The number of amides is 2. The fourth-order valence-electron chi connectivity index (χ4n) is 4.50. The summed E-state index contributed by atoms with van der Waals surface area (Å²) in [5, 5.41) is 0. The van der Waals surface area contributed by atoms with Gasteiger partial charge in [0.15, 0.2) is 0 Å². The topological polar surface area (TPSA) is 49.9 Å². The summed E-state index contributed by atoms with van der Waals surface area (Å²) in [6, 6.07) is 17.4. The van der Waals surface area contributed by atoms with E-state index in [-0.39, 0.29) is 17.9 Å². The van der Waals surface area contributed by atoms with Crippen molar-refractivity contribution in [1.29, 1.82) is 0 Å². The fourth-order valence-corrected chi connectivity index (χ4v) is 4.50. The summed E-state index contributed by atoms with van der Waals surface area (Å²) in [4.78, 5) is 30.6. The van der Waals surface area contributed by atoms with Crippen LogP contribution >= 0.6 is 0 Å². The number of fused-ring (bicyclic) bond motifs is 1. The van der Waals surface area contributed by atoms with Gasteiger partial charge in [0.2, 0.25) is 5.91 Å². The lowest BCUT2D eigenvalue weighted by Gasteiger charge is -2.33. The molecule has 0 unspecified atom stereocenters. The second kappa shape index (κ2) is 12.4. The van der Waals surface area contributed by atoms with Gasteiger partial charge < -0.3 is 14.5 Å². The monoisotopic (exact) mass is 450 g/mol. The second-order valence-electron chi connectivity index (χ2n) is 9.29. The van der Waals surface area contributed by atoms with Gasteiger partial charge in [-0.25, -0.2) is 0 Å². The maximum atomic E-state index is 13.4. The zero-order valence-electron chi connectivity index (χ0n) is 20.3. The molecule has 33 heavy (non-hydrogen) atoms. The van der Waals surface area contributed by atoms with Gasteiger partial charge >= 0.3 is 0 Å². The van der Waals surface area contributed by atoms with E-state index in [0.717, 1.165) is 37.8 Å². The quantitative estimate of drug-likeness (QED) is 0.629. The van der Waals surface area contributed by atoms with Crippen molar-refractivity contribution in [1.82, 2.24) is 9.80 Å². The highest BCUT2D eigenvalue weighted by Gasteiger charge is 2.27. The molecule has 2 aromatic rings. The molecule has 1 aliphatic rings. The van der Waals surface area contributed by atoms with E-state index >= 15 is 0 Å². The normalized spacial score (nSPS) is 18.1. The van der Waals surface area contributed by atoms with Crippen LogP contribution in [0.4, 0.5) is 0 Å². The van der Waals surface area contributed by atoms with Gasteiger partial charge in [-0.2, -0.15) is 0 Å². The maximum absolute atomic E-state index is 13.4. The van der Waals surface area contributed by atoms with E-state index in [1.165, 1.54) is 0 Å². The molecule has 1 heterocycles. The zero-order chi connectivity index (χ0) is 23.6. The number of hydrogen-bond acceptors (Lipinski definition) is 3. The van der Waals surface area contributed by atoms with Crippen LogP contribution in [-0.4, -0.2) is 53.9 Å². The number of ether oxygens (including phenoxy) is 1. The third kappa shape index (κ3) is 7.08. The SMILES string of the molecule is CCN1CCCCCN(C(=O)Cc2ccccc2)[C@@H](CC(C)C)COc2ccccc2C1=O. The summed E-state index contributed by atoms with van der Waals surface area (Å²) in [7, 11) is 0. The number of para-hydroxylation sites is 1. The molecule has 0 aromatic heterocycles. The molecule has 5 heteroatoms. The van der Waals surface area contributed by atoms with E-state index < -0.39 is 0 Å². The molecule has 0 aliphatic carbocycles. The molecule has 178 valence electrons. The van der Waals surface area contributed by atoms with Gasteiger partial charge in [0.25, 0.3) is 5.91 Å². The number of benzene rings is 2. The predicted molar refractivity (Wildman–Crippen MR) is 132 cm³/mol. The lowest BCUT2D eigenvalue weighted by atomic mass is 10.0. The summed E-state index contributed by atoms with van der Waals surface area (Å²) < 4.78 is 6.27. The third-order valence-electron chi connectivity index (χ3n) is 6.25. The van der Waals surface area contributed by atoms with E-state index in [9.17, 15) is 9.59 Å². The Labute approximate surface area is 198 Å². The minimum absolute atomic E-state index is 0.0183. The largest absolute Gasteiger partial charge is 0.491 e. The Morgan fingerprint density at radius 3 is 2.42 bits per heavy atom. The van der Waals surface area contributed by atoms with Gasteiger partial charge in [-0.1, -0.05) is 56.3 Å². The van der Waals surface area contributed by atoms with Gasteiger partial charge in [-0.15, -0.1) is 0 Å². The summed E-state index contributed by atoms with van der Waals surface area (Å²) in [6.45, 7) is 8.86. The van der Waals surface area contributed by atoms with Crippen molar-refractivity contribution in [3.8, 4) is 5.75 Å². The van der Waals surface area contributed by atoms with Crippen molar-refractivity contribution >= 4 is 11.8 Å². The predicted octanol–water partition coefficient (Wildman–Crippen LogP) is 5.20. The van der Waals surface area contributed by atoms with E-state index in [2.05, 4.69) is 13.8 Å². The van der Waals surface area contributed by atoms with Crippen molar-refractivity contribution < 1.29 is 14.3 Å². The molecule has 5 nitrogen and oxygen atoms in total. The lowest BCUT2D eigenvalue weighted by Crippen LogP contribution is -2.45. The van der Waals surface area contributed by atoms with E-state index in [0.29, 0.717) is 43.3 Å². The Hall–Kier alpha value is -2.82. The van der Waals surface area contributed by atoms with Gasteiger partial charge in [0, 0.05) is 19.6 Å². The summed E-state index contributed by atoms with van der Waals surface area (Å²) in [5.74, 6) is 1.19. The summed E-state index contributed by atoms with van der Waals surface area (Å²) >= 11 is 0. The Morgan fingerprint density at radius 1 is 1.00 bits per heavy atom. The first kappa shape index (κ1) is 24.8. The van der Waals surface area contributed by atoms with Crippen LogP contribution in [-0.2, 0) is 11.2 Å². The van der Waals surface area contributed by atoms with Crippen molar-refractivity contribution in [2.24, 2.45) is 5.92 Å². The molecule has 0 saturated heterocycles. The molecule has 0 radical (unpaired) electrons. The molecule has 1 aliphatic heterocycles. The zero-order valence-corrected chi connectivity index (χ0v) is 20.3. The van der Waals surface area contributed by atoms with Crippen LogP contribution in [0.3, 0.4) is 0 Å². The average molecular weight is 451 g/mol. The standard InChI is InChI=1S/C28H38N2O3/c1-4-29-17-11-6-12-18-30(27(31)20-23-13-7-5-8-14-23)24(19-22(2)3)21-33-26-16-10-9-15-25(26)28(29)32/h5,7-10,13-16,22,24H,4,6,11-12,17-21H2,1-3H3/t24-/m0/s1. The van der Waals surface area contributed by atoms with Gasteiger partial charge in [-0.05, 0) is 56.2 Å². The molecule has 0 spiro atoms. The van der Waals surface area contributed by atoms with Crippen LogP contribution in [0.5, 0.6) is 5.75 Å². The number of carbonyl (C=O) groups is 2. The van der Waals surface area contributed by atoms with Crippen LogP contribution < -0.4 is 4.74 Å². The van der Waals surface area contributed by atoms with Crippen molar-refractivity contribution in [3.63, 3.8) is 0 Å². The van der Waals surface area contributed by atoms with Crippen LogP contribution in [0, 0.1) is 5.92 Å². The number of rotatable bonds is 5. The summed E-state index contributed by atoms with van der Waals surface area (Å²) in [6.07, 6.45) is 4.09. The first-order chi connectivity index (χ1) is 16.0. The lowest BCUT2D eigenvalue weighted by molar-refractivity contribution is -0.134. The van der Waals surface area contributed by atoms with E-state index in [1.54, 1.807) is 0 Å². The first-order valence-corrected chi connectivity index (χ1v) is 12.3. The minimum Gasteiger partial charge on any atom is -0.491 e. The fraction of sp³-hybridized carbons (Fsp3) is 0.500. The highest BCUT2D eigenvalue weighted by Crippen LogP contribution is 2.23. The Kier molecular flexibility index (Phi) is 9.35. The minimum atomic E-state index is -0.0348. The Bertz CT molecular complexity index is 897. The van der Waals surface area contributed by atoms with E-state index in [1.807, 2.05) is 71.3 Å².